The van der Waals surface area contributed by atoms with Gasteiger partial charge >= 0.3 is 5.97 Å². The van der Waals surface area contributed by atoms with Crippen molar-refractivity contribution in [2.75, 3.05) is 5.73 Å². The molecule has 4 nitrogen and oxygen atoms in total. The van der Waals surface area contributed by atoms with Crippen LogP contribution < -0.4 is 5.73 Å². The first-order chi connectivity index (χ1) is 5.95. The van der Waals surface area contributed by atoms with E-state index in [9.17, 15) is 4.79 Å². The predicted octanol–water partition coefficient (Wildman–Crippen LogP) is 1.74. The molecule has 3 N–H and O–H groups in total. The number of halogens is 1. The summed E-state index contributed by atoms with van der Waals surface area (Å²) in [6, 6.07) is 0. The molecule has 0 aliphatic rings. The molecule has 0 unspecified atom stereocenters. The van der Waals surface area contributed by atoms with Crippen LogP contribution in [0.15, 0.2) is 4.47 Å². The molecule has 0 atom stereocenters. The van der Waals surface area contributed by atoms with Gasteiger partial charge in [0, 0.05) is 4.47 Å². The highest BCUT2D eigenvalue weighted by Crippen LogP contribution is 2.25. The molecule has 0 spiro atoms. The lowest BCUT2D eigenvalue weighted by molar-refractivity contribution is 0.0697. The van der Waals surface area contributed by atoms with Gasteiger partial charge in [0.25, 0.3) is 0 Å². The quantitative estimate of drug-likeness (QED) is 0.790. The fourth-order valence-corrected chi connectivity index (χ4v) is 1.42. The average Bonchev–Trinajstić information content (AvgIpc) is 1.99. The maximum absolute atomic E-state index is 10.8. The molecule has 0 saturated heterocycles. The molecule has 1 aromatic rings. The highest BCUT2D eigenvalue weighted by molar-refractivity contribution is 9.10. The maximum atomic E-state index is 10.8. The van der Waals surface area contributed by atoms with Crippen molar-refractivity contribution in [1.82, 2.24) is 4.98 Å². The van der Waals surface area contributed by atoms with Crippen LogP contribution in [0.2, 0.25) is 0 Å². The standard InChI is InChI=1S/C8H9BrN2O2/c1-3-5(8(12)13)7(10)11-4(2)6(3)9/h1-2H3,(H2,10,11)(H,12,13). The molecule has 0 aromatic carbocycles. The van der Waals surface area contributed by atoms with Crippen LogP contribution in [-0.4, -0.2) is 16.1 Å². The summed E-state index contributed by atoms with van der Waals surface area (Å²) in [6.07, 6.45) is 0. The van der Waals surface area contributed by atoms with E-state index in [1.165, 1.54) is 0 Å². The third-order valence-corrected chi connectivity index (χ3v) is 2.95. The largest absolute Gasteiger partial charge is 0.478 e. The molecule has 0 amide bonds. The van der Waals surface area contributed by atoms with E-state index >= 15 is 0 Å². The fraction of sp³-hybridized carbons (Fsp3) is 0.250. The van der Waals surface area contributed by atoms with Crippen molar-refractivity contribution < 1.29 is 9.90 Å². The average molecular weight is 245 g/mol. The number of aromatic nitrogens is 1. The number of rotatable bonds is 1. The van der Waals surface area contributed by atoms with E-state index in [2.05, 4.69) is 20.9 Å². The van der Waals surface area contributed by atoms with E-state index in [1.54, 1.807) is 13.8 Å². The van der Waals surface area contributed by atoms with Gasteiger partial charge in [-0.3, -0.25) is 0 Å². The number of hydrogen-bond donors (Lipinski definition) is 2. The number of hydrogen-bond acceptors (Lipinski definition) is 3. The number of nitrogens with two attached hydrogens (primary N) is 1. The zero-order valence-electron chi connectivity index (χ0n) is 7.26. The summed E-state index contributed by atoms with van der Waals surface area (Å²) in [5, 5.41) is 8.82. The Morgan fingerprint density at radius 3 is 2.54 bits per heavy atom. The highest BCUT2D eigenvalue weighted by Gasteiger charge is 2.16. The molecule has 5 heteroatoms. The van der Waals surface area contributed by atoms with Gasteiger partial charge in [-0.05, 0) is 35.3 Å². The van der Waals surface area contributed by atoms with Gasteiger partial charge in [-0.15, -0.1) is 0 Å². The van der Waals surface area contributed by atoms with Crippen LogP contribution >= 0.6 is 15.9 Å². The zero-order chi connectivity index (χ0) is 10.2. The first kappa shape index (κ1) is 9.98. The van der Waals surface area contributed by atoms with Crippen molar-refractivity contribution in [3.63, 3.8) is 0 Å². The molecule has 0 bridgehead atoms. The first-order valence-corrected chi connectivity index (χ1v) is 4.40. The SMILES string of the molecule is Cc1nc(N)c(C(=O)O)c(C)c1Br. The van der Waals surface area contributed by atoms with E-state index in [1.807, 2.05) is 0 Å². The summed E-state index contributed by atoms with van der Waals surface area (Å²) < 4.78 is 0.694. The lowest BCUT2D eigenvalue weighted by Gasteiger charge is -2.08. The van der Waals surface area contributed by atoms with E-state index in [4.69, 9.17) is 10.8 Å². The Kier molecular flexibility index (Phi) is 2.56. The minimum Gasteiger partial charge on any atom is -0.478 e. The Balaban J connectivity index is 3.53. The highest BCUT2D eigenvalue weighted by atomic mass is 79.9. The first-order valence-electron chi connectivity index (χ1n) is 3.60. The van der Waals surface area contributed by atoms with Crippen molar-refractivity contribution in [3.8, 4) is 0 Å². The molecule has 1 aromatic heterocycles. The van der Waals surface area contributed by atoms with Crippen molar-refractivity contribution in [1.29, 1.82) is 0 Å². The second kappa shape index (κ2) is 3.33. The Labute approximate surface area is 83.9 Å². The van der Waals surface area contributed by atoms with Crippen LogP contribution in [0.4, 0.5) is 5.82 Å². The van der Waals surface area contributed by atoms with Crippen LogP contribution in [0.5, 0.6) is 0 Å². The summed E-state index contributed by atoms with van der Waals surface area (Å²) in [4.78, 5) is 14.7. The molecule has 0 aliphatic carbocycles. The number of carboxylic acids is 1. The molecule has 70 valence electrons. The smallest absolute Gasteiger partial charge is 0.339 e. The Morgan fingerprint density at radius 1 is 1.54 bits per heavy atom. The number of aromatic carboxylic acids is 1. The Bertz CT molecular complexity index is 377. The minimum atomic E-state index is -1.05. The van der Waals surface area contributed by atoms with Gasteiger partial charge in [0.15, 0.2) is 0 Å². The molecule has 0 radical (unpaired) electrons. The van der Waals surface area contributed by atoms with Crippen LogP contribution in [0.25, 0.3) is 0 Å². The topological polar surface area (TPSA) is 76.2 Å². The van der Waals surface area contributed by atoms with Gasteiger partial charge in [-0.1, -0.05) is 0 Å². The predicted molar refractivity (Wildman–Crippen MR) is 52.8 cm³/mol. The summed E-state index contributed by atoms with van der Waals surface area (Å²) in [5.41, 5.74) is 6.85. The van der Waals surface area contributed by atoms with Gasteiger partial charge < -0.3 is 10.8 Å². The molecule has 0 aliphatic heterocycles. The van der Waals surface area contributed by atoms with Gasteiger partial charge in [-0.2, -0.15) is 0 Å². The number of nitrogens with zero attached hydrogens (tertiary/aromatic N) is 1. The number of anilines is 1. The van der Waals surface area contributed by atoms with E-state index < -0.39 is 5.97 Å². The summed E-state index contributed by atoms with van der Waals surface area (Å²) >= 11 is 3.25. The van der Waals surface area contributed by atoms with Crippen LogP contribution in [-0.2, 0) is 0 Å². The number of nitrogen functional groups attached to an aromatic ring is 1. The Hall–Kier alpha value is -1.10. The van der Waals surface area contributed by atoms with Crippen molar-refractivity contribution >= 4 is 27.7 Å². The van der Waals surface area contributed by atoms with Gasteiger partial charge in [0.1, 0.15) is 11.4 Å². The lowest BCUT2D eigenvalue weighted by atomic mass is 10.1. The van der Waals surface area contributed by atoms with Crippen molar-refractivity contribution in [3.05, 3.63) is 21.3 Å². The monoisotopic (exact) mass is 244 g/mol. The van der Waals surface area contributed by atoms with Gasteiger partial charge in [-0.25, -0.2) is 9.78 Å². The van der Waals surface area contributed by atoms with E-state index in [0.717, 1.165) is 0 Å². The molecule has 1 heterocycles. The third kappa shape index (κ3) is 1.65. The van der Waals surface area contributed by atoms with Gasteiger partial charge in [0.05, 0.1) is 5.69 Å². The number of carbonyl (C=O) groups is 1. The number of carboxylic acid groups (broad SMARTS) is 1. The summed E-state index contributed by atoms with van der Waals surface area (Å²) in [7, 11) is 0. The normalized spacial score (nSPS) is 10.1. The van der Waals surface area contributed by atoms with Crippen LogP contribution in [0.3, 0.4) is 0 Å². The lowest BCUT2D eigenvalue weighted by Crippen LogP contribution is -2.09. The third-order valence-electron chi connectivity index (χ3n) is 1.78. The maximum Gasteiger partial charge on any atom is 0.339 e. The molecule has 13 heavy (non-hydrogen) atoms. The summed E-state index contributed by atoms with van der Waals surface area (Å²) in [5.74, 6) is -0.992. The van der Waals surface area contributed by atoms with Crippen molar-refractivity contribution in [2.45, 2.75) is 13.8 Å². The number of pyridine rings is 1. The van der Waals surface area contributed by atoms with Crippen molar-refractivity contribution in [2.24, 2.45) is 0 Å². The fourth-order valence-electron chi connectivity index (χ4n) is 1.13. The minimum absolute atomic E-state index is 0.0608. The summed E-state index contributed by atoms with van der Waals surface area (Å²) in [6.45, 7) is 3.46. The van der Waals surface area contributed by atoms with E-state index in [0.29, 0.717) is 15.7 Å². The molecule has 0 saturated carbocycles. The molecular weight excluding hydrogens is 236 g/mol. The second-order valence-corrected chi connectivity index (χ2v) is 3.49. The van der Waals surface area contributed by atoms with Crippen LogP contribution in [0, 0.1) is 13.8 Å². The Morgan fingerprint density at radius 2 is 2.08 bits per heavy atom. The molecule has 1 rings (SSSR count). The zero-order valence-corrected chi connectivity index (χ0v) is 8.84. The molecule has 0 fully saturated rings. The van der Waals surface area contributed by atoms with Gasteiger partial charge in [0.2, 0.25) is 0 Å². The van der Waals surface area contributed by atoms with E-state index in [-0.39, 0.29) is 11.4 Å². The van der Waals surface area contributed by atoms with Crippen LogP contribution in [0.1, 0.15) is 21.6 Å². The number of aryl methyl sites for hydroxylation is 1. The second-order valence-electron chi connectivity index (χ2n) is 2.70. The molecular formula is C8H9BrN2O2.